The SMILES string of the molecule is C=NO[C@H]1CC[C@@](C)(C(=O)O)C1. The quantitative estimate of drug-likeness (QED) is 0.513. The first kappa shape index (κ1) is 9.03. The lowest BCUT2D eigenvalue weighted by Gasteiger charge is -2.16. The van der Waals surface area contributed by atoms with Gasteiger partial charge in [-0.15, -0.1) is 5.16 Å². The molecule has 0 aromatic rings. The normalized spacial score (nSPS) is 34.6. The second-order valence-electron chi connectivity index (χ2n) is 3.47. The van der Waals surface area contributed by atoms with Crippen molar-refractivity contribution in [2.24, 2.45) is 10.6 Å². The summed E-state index contributed by atoms with van der Waals surface area (Å²) in [7, 11) is 0. The van der Waals surface area contributed by atoms with Gasteiger partial charge in [-0.05, 0) is 19.8 Å². The summed E-state index contributed by atoms with van der Waals surface area (Å²) in [6, 6.07) is 0. The van der Waals surface area contributed by atoms with Crippen molar-refractivity contribution >= 4 is 12.7 Å². The summed E-state index contributed by atoms with van der Waals surface area (Å²) in [4.78, 5) is 15.7. The summed E-state index contributed by atoms with van der Waals surface area (Å²) in [5.74, 6) is -0.752. The van der Waals surface area contributed by atoms with Crippen LogP contribution in [0.3, 0.4) is 0 Å². The van der Waals surface area contributed by atoms with Crippen LogP contribution in [-0.2, 0) is 9.63 Å². The molecule has 0 saturated heterocycles. The number of nitrogens with zero attached hydrogens (tertiary/aromatic N) is 1. The highest BCUT2D eigenvalue weighted by atomic mass is 16.6. The molecule has 0 radical (unpaired) electrons. The Hall–Kier alpha value is -1.06. The molecule has 1 N–H and O–H groups in total. The van der Waals surface area contributed by atoms with Crippen LogP contribution in [0.15, 0.2) is 5.16 Å². The van der Waals surface area contributed by atoms with Crippen molar-refractivity contribution in [1.29, 1.82) is 0 Å². The van der Waals surface area contributed by atoms with Crippen LogP contribution in [-0.4, -0.2) is 23.9 Å². The fourth-order valence-corrected chi connectivity index (χ4v) is 1.58. The second-order valence-corrected chi connectivity index (χ2v) is 3.47. The Morgan fingerprint density at radius 3 is 2.92 bits per heavy atom. The lowest BCUT2D eigenvalue weighted by atomic mass is 9.89. The molecule has 1 rings (SSSR count). The van der Waals surface area contributed by atoms with E-state index >= 15 is 0 Å². The van der Waals surface area contributed by atoms with Crippen LogP contribution in [0, 0.1) is 5.41 Å². The van der Waals surface area contributed by atoms with Gasteiger partial charge in [0.05, 0.1) is 5.41 Å². The molecule has 0 amide bonds. The number of hydrogen-bond donors (Lipinski definition) is 1. The topological polar surface area (TPSA) is 58.9 Å². The Balaban J connectivity index is 2.54. The third-order valence-electron chi connectivity index (χ3n) is 2.44. The molecule has 0 bridgehead atoms. The summed E-state index contributed by atoms with van der Waals surface area (Å²) >= 11 is 0. The first-order valence-corrected chi connectivity index (χ1v) is 3.94. The van der Waals surface area contributed by atoms with E-state index in [9.17, 15) is 4.79 Å². The third kappa shape index (κ3) is 1.57. The fourth-order valence-electron chi connectivity index (χ4n) is 1.58. The first-order chi connectivity index (χ1) is 5.58. The Labute approximate surface area is 71.2 Å². The number of carbonyl (C=O) groups is 1. The molecule has 12 heavy (non-hydrogen) atoms. The number of rotatable bonds is 3. The molecule has 0 aromatic carbocycles. The average Bonchev–Trinajstić information content (AvgIpc) is 2.34. The van der Waals surface area contributed by atoms with E-state index in [1.54, 1.807) is 6.92 Å². The van der Waals surface area contributed by atoms with Gasteiger partial charge in [0.25, 0.3) is 0 Å². The summed E-state index contributed by atoms with van der Waals surface area (Å²) in [6.45, 7) is 4.94. The molecule has 4 heteroatoms. The summed E-state index contributed by atoms with van der Waals surface area (Å²) in [5, 5.41) is 12.2. The smallest absolute Gasteiger partial charge is 0.309 e. The zero-order valence-electron chi connectivity index (χ0n) is 7.12. The lowest BCUT2D eigenvalue weighted by molar-refractivity contribution is -0.148. The van der Waals surface area contributed by atoms with Crippen molar-refractivity contribution in [3.63, 3.8) is 0 Å². The molecule has 0 heterocycles. The molecule has 0 aliphatic heterocycles. The lowest BCUT2D eigenvalue weighted by Crippen LogP contribution is -2.24. The number of carboxylic acids is 1. The molecular formula is C8H13NO3. The maximum atomic E-state index is 10.8. The van der Waals surface area contributed by atoms with E-state index in [0.29, 0.717) is 12.8 Å². The monoisotopic (exact) mass is 171 g/mol. The number of carboxylic acid groups (broad SMARTS) is 1. The largest absolute Gasteiger partial charge is 0.481 e. The summed E-state index contributed by atoms with van der Waals surface area (Å²) in [5.41, 5.74) is -0.630. The first-order valence-electron chi connectivity index (χ1n) is 3.94. The van der Waals surface area contributed by atoms with Crippen molar-refractivity contribution in [2.45, 2.75) is 32.3 Å². The molecule has 0 aromatic heterocycles. The average molecular weight is 171 g/mol. The zero-order chi connectivity index (χ0) is 9.19. The van der Waals surface area contributed by atoms with Gasteiger partial charge in [-0.25, -0.2) is 0 Å². The highest BCUT2D eigenvalue weighted by Crippen LogP contribution is 2.39. The van der Waals surface area contributed by atoms with Crippen molar-refractivity contribution < 1.29 is 14.7 Å². The maximum absolute atomic E-state index is 10.8. The van der Waals surface area contributed by atoms with E-state index in [4.69, 9.17) is 9.94 Å². The minimum Gasteiger partial charge on any atom is -0.481 e. The highest BCUT2D eigenvalue weighted by molar-refractivity contribution is 5.74. The molecule has 0 unspecified atom stereocenters. The Kier molecular flexibility index (Phi) is 2.35. The molecule has 1 saturated carbocycles. The number of hydrogen-bond acceptors (Lipinski definition) is 3. The van der Waals surface area contributed by atoms with Gasteiger partial charge < -0.3 is 9.94 Å². The van der Waals surface area contributed by atoms with Crippen LogP contribution in [0.5, 0.6) is 0 Å². The summed E-state index contributed by atoms with van der Waals surface area (Å²) in [6.07, 6.45) is 1.87. The van der Waals surface area contributed by atoms with Gasteiger partial charge >= 0.3 is 5.97 Å². The standard InChI is InChI=1S/C8H13NO3/c1-8(7(10)11)4-3-6(5-8)12-9-2/h6H,2-5H2,1H3,(H,10,11)/t6-,8+/m0/s1. The van der Waals surface area contributed by atoms with Crippen LogP contribution >= 0.6 is 0 Å². The van der Waals surface area contributed by atoms with E-state index in [1.807, 2.05) is 0 Å². The minimum atomic E-state index is -0.752. The molecule has 4 nitrogen and oxygen atoms in total. The molecule has 1 aliphatic carbocycles. The number of aliphatic carboxylic acids is 1. The van der Waals surface area contributed by atoms with Crippen molar-refractivity contribution in [1.82, 2.24) is 0 Å². The van der Waals surface area contributed by atoms with Crippen LogP contribution in [0.25, 0.3) is 0 Å². The van der Waals surface area contributed by atoms with Gasteiger partial charge in [-0.2, -0.15) is 0 Å². The van der Waals surface area contributed by atoms with Gasteiger partial charge in [0.2, 0.25) is 0 Å². The fraction of sp³-hybridized carbons (Fsp3) is 0.750. The minimum absolute atomic E-state index is 0.0661. The van der Waals surface area contributed by atoms with Crippen LogP contribution in [0.4, 0.5) is 0 Å². The molecule has 68 valence electrons. The van der Waals surface area contributed by atoms with Crippen molar-refractivity contribution in [2.75, 3.05) is 0 Å². The van der Waals surface area contributed by atoms with Gasteiger partial charge in [-0.1, -0.05) is 0 Å². The van der Waals surface area contributed by atoms with E-state index in [2.05, 4.69) is 11.9 Å². The van der Waals surface area contributed by atoms with E-state index in [-0.39, 0.29) is 6.10 Å². The van der Waals surface area contributed by atoms with Gasteiger partial charge in [0, 0.05) is 13.1 Å². The van der Waals surface area contributed by atoms with E-state index < -0.39 is 11.4 Å². The predicted octanol–water partition coefficient (Wildman–Crippen LogP) is 1.26. The van der Waals surface area contributed by atoms with Crippen LogP contribution in [0.1, 0.15) is 26.2 Å². The van der Waals surface area contributed by atoms with E-state index in [1.165, 1.54) is 0 Å². The van der Waals surface area contributed by atoms with Gasteiger partial charge in [0.1, 0.15) is 6.10 Å². The van der Waals surface area contributed by atoms with E-state index in [0.717, 1.165) is 6.42 Å². The Morgan fingerprint density at radius 2 is 2.50 bits per heavy atom. The highest BCUT2D eigenvalue weighted by Gasteiger charge is 2.42. The molecule has 1 fully saturated rings. The predicted molar refractivity (Wildman–Crippen MR) is 44.0 cm³/mol. The molecule has 1 aliphatic rings. The third-order valence-corrected chi connectivity index (χ3v) is 2.44. The van der Waals surface area contributed by atoms with Gasteiger partial charge in [0.15, 0.2) is 0 Å². The van der Waals surface area contributed by atoms with Crippen LogP contribution < -0.4 is 0 Å². The Bertz CT molecular complexity index is 204. The van der Waals surface area contributed by atoms with Crippen LogP contribution in [0.2, 0.25) is 0 Å². The second kappa shape index (κ2) is 3.13. The zero-order valence-corrected chi connectivity index (χ0v) is 7.12. The summed E-state index contributed by atoms with van der Waals surface area (Å²) < 4.78 is 0. The molecule has 2 atom stereocenters. The molecular weight excluding hydrogens is 158 g/mol. The van der Waals surface area contributed by atoms with Crippen molar-refractivity contribution in [3.8, 4) is 0 Å². The maximum Gasteiger partial charge on any atom is 0.309 e. The molecule has 0 spiro atoms. The van der Waals surface area contributed by atoms with Gasteiger partial charge in [-0.3, -0.25) is 4.79 Å². The number of oxime groups is 1. The van der Waals surface area contributed by atoms with Crippen molar-refractivity contribution in [3.05, 3.63) is 0 Å². The Morgan fingerprint density at radius 1 is 1.83 bits per heavy atom.